The third kappa shape index (κ3) is 7.42. The van der Waals surface area contributed by atoms with Gasteiger partial charge in [0.1, 0.15) is 23.3 Å². The number of likely N-dealkylation sites (tertiary alicyclic amines) is 1. The van der Waals surface area contributed by atoms with Crippen LogP contribution in [-0.4, -0.2) is 94.8 Å². The fourth-order valence-corrected chi connectivity index (χ4v) is 10.5. The number of rotatable bonds is 9. The molecule has 18 heteroatoms. The number of hydrogen-bond acceptors (Lipinski definition) is 12. The Kier molecular flexibility index (Phi) is 10.7. The summed E-state index contributed by atoms with van der Waals surface area (Å²) in [7, 11) is -4.33. The number of pyridine rings is 2. The number of alkyl halides is 2. The van der Waals surface area contributed by atoms with Gasteiger partial charge in [0.05, 0.1) is 63.9 Å². The second-order valence-electron chi connectivity index (χ2n) is 14.7. The molecule has 58 heavy (non-hydrogen) atoms. The van der Waals surface area contributed by atoms with Gasteiger partial charge in [0.15, 0.2) is 0 Å². The zero-order valence-electron chi connectivity index (χ0n) is 31.5. The van der Waals surface area contributed by atoms with E-state index in [9.17, 15) is 32.0 Å². The topological polar surface area (TPSA) is 163 Å². The third-order valence-electron chi connectivity index (χ3n) is 11.1. The van der Waals surface area contributed by atoms with Crippen molar-refractivity contribution >= 4 is 65.8 Å². The minimum atomic E-state index is -4.33. The van der Waals surface area contributed by atoms with Crippen LogP contribution in [0, 0.1) is 30.1 Å². The molecule has 8 rings (SSSR count). The molecule has 0 unspecified atom stereocenters. The number of nitrogens with zero attached hydrogens (tertiary/aromatic N) is 7. The van der Waals surface area contributed by atoms with Crippen molar-refractivity contribution in [1.29, 1.82) is 5.26 Å². The summed E-state index contributed by atoms with van der Waals surface area (Å²) in [6.07, 6.45) is 3.13. The predicted octanol–water partition coefficient (Wildman–Crippen LogP) is 5.50. The van der Waals surface area contributed by atoms with E-state index in [1.54, 1.807) is 37.4 Å². The molecule has 5 aromatic rings. The molecule has 300 valence electrons. The van der Waals surface area contributed by atoms with Crippen molar-refractivity contribution in [3.8, 4) is 29.0 Å². The first kappa shape index (κ1) is 39.8. The number of thiophene rings is 1. The summed E-state index contributed by atoms with van der Waals surface area (Å²) >= 11 is 7.61. The Hall–Kier alpha value is -5.04. The van der Waals surface area contributed by atoms with Gasteiger partial charge in [-0.25, -0.2) is 31.9 Å². The Morgan fingerprint density at radius 1 is 1.17 bits per heavy atom. The lowest BCUT2D eigenvalue weighted by atomic mass is 9.94. The average molecular weight is 847 g/mol. The van der Waals surface area contributed by atoms with Crippen molar-refractivity contribution < 1.29 is 26.7 Å². The van der Waals surface area contributed by atoms with E-state index in [1.165, 1.54) is 16.1 Å². The van der Waals surface area contributed by atoms with E-state index >= 15 is 0 Å². The summed E-state index contributed by atoms with van der Waals surface area (Å²) in [4.78, 5) is 45.6. The number of hydrogen-bond donors (Lipinski definition) is 1. The van der Waals surface area contributed by atoms with Gasteiger partial charge in [-0.1, -0.05) is 23.4 Å². The van der Waals surface area contributed by atoms with Crippen molar-refractivity contribution in [2.45, 2.75) is 69.3 Å². The molecule has 3 aliphatic rings. The smallest absolute Gasteiger partial charge is 0.267 e. The summed E-state index contributed by atoms with van der Waals surface area (Å²) in [5, 5.41) is 11.2. The Balaban J connectivity index is 1.08. The molecule has 6 heterocycles. The standard InChI is InChI=1S/C40H37ClF2N8O5S2/c1-3-50(26-9-13-49(14-10-26)27-20-56-21-27)37-31(18-44)34-33(19-46-37)47-23(2)51(39(34)53)12-4-5-24-6-7-25(41)15-30(24)29-8-11-45-35-32(22-57-36(29)35)38(52)48-58(54,55)28-16-40(42,43)17-28/h6-8,11,15,19,22,26-28H,3,9-10,12-14,16-17,20-21H2,1-2H3,(H,48,52). The normalized spacial score (nSPS) is 17.6. The summed E-state index contributed by atoms with van der Waals surface area (Å²) < 4.78 is 61.4. The number of benzene rings is 1. The van der Waals surface area contributed by atoms with Crippen molar-refractivity contribution in [3.63, 3.8) is 0 Å². The van der Waals surface area contributed by atoms with E-state index in [4.69, 9.17) is 16.3 Å². The van der Waals surface area contributed by atoms with Gasteiger partial charge < -0.3 is 9.64 Å². The fourth-order valence-electron chi connectivity index (χ4n) is 7.86. The number of sulfonamides is 1. The highest BCUT2D eigenvalue weighted by atomic mass is 35.5. The molecule has 1 amide bonds. The Morgan fingerprint density at radius 2 is 1.93 bits per heavy atom. The minimum Gasteiger partial charge on any atom is -0.378 e. The van der Waals surface area contributed by atoms with Gasteiger partial charge in [0.25, 0.3) is 17.4 Å². The average Bonchev–Trinajstić information content (AvgIpc) is 3.60. The number of amides is 1. The number of nitrogens with one attached hydrogen (secondary N) is 1. The summed E-state index contributed by atoms with van der Waals surface area (Å²) in [6.45, 7) is 7.65. The maximum atomic E-state index is 14.2. The van der Waals surface area contributed by atoms with E-state index in [0.29, 0.717) is 56.2 Å². The highest BCUT2D eigenvalue weighted by Crippen LogP contribution is 2.41. The van der Waals surface area contributed by atoms with Crippen LogP contribution >= 0.6 is 22.9 Å². The molecule has 3 fully saturated rings. The van der Waals surface area contributed by atoms with E-state index in [1.807, 2.05) is 11.6 Å². The number of aromatic nitrogens is 4. The van der Waals surface area contributed by atoms with Crippen LogP contribution in [0.1, 0.15) is 59.9 Å². The molecule has 0 radical (unpaired) electrons. The van der Waals surface area contributed by atoms with Crippen molar-refractivity contribution in [2.75, 3.05) is 37.7 Å². The van der Waals surface area contributed by atoms with Crippen molar-refractivity contribution in [3.05, 3.63) is 79.9 Å². The third-order valence-corrected chi connectivity index (χ3v) is 14.0. The maximum Gasteiger partial charge on any atom is 0.267 e. The molecular weight excluding hydrogens is 810 g/mol. The van der Waals surface area contributed by atoms with E-state index in [0.717, 1.165) is 50.5 Å². The summed E-state index contributed by atoms with van der Waals surface area (Å²) in [5.74, 6) is 3.07. The minimum absolute atomic E-state index is 0.0214. The van der Waals surface area contributed by atoms with Gasteiger partial charge in [-0.15, -0.1) is 11.3 Å². The van der Waals surface area contributed by atoms with Gasteiger partial charge in [-0.2, -0.15) is 5.26 Å². The first-order valence-electron chi connectivity index (χ1n) is 18.8. The molecule has 13 nitrogen and oxygen atoms in total. The summed E-state index contributed by atoms with van der Waals surface area (Å²) in [5.41, 5.74) is 2.06. The van der Waals surface area contributed by atoms with Crippen LogP contribution in [0.2, 0.25) is 5.02 Å². The molecule has 4 aromatic heterocycles. The molecule has 0 atom stereocenters. The highest BCUT2D eigenvalue weighted by molar-refractivity contribution is 7.90. The van der Waals surface area contributed by atoms with Crippen LogP contribution in [0.5, 0.6) is 0 Å². The number of carbonyl (C=O) groups excluding carboxylic acids is 1. The lowest BCUT2D eigenvalue weighted by molar-refractivity contribution is -0.0711. The van der Waals surface area contributed by atoms with Crippen LogP contribution < -0.4 is 15.2 Å². The maximum absolute atomic E-state index is 14.2. The largest absolute Gasteiger partial charge is 0.378 e. The second kappa shape index (κ2) is 15.6. The molecule has 1 saturated carbocycles. The lowest BCUT2D eigenvalue weighted by Gasteiger charge is -2.44. The van der Waals surface area contributed by atoms with E-state index in [-0.39, 0.29) is 34.6 Å². The van der Waals surface area contributed by atoms with Crippen molar-refractivity contribution in [1.82, 2.24) is 29.1 Å². The van der Waals surface area contributed by atoms with Crippen LogP contribution in [0.15, 0.2) is 46.8 Å². The number of halogens is 3. The zero-order chi connectivity index (χ0) is 40.9. The molecule has 1 aromatic carbocycles. The SMILES string of the molecule is CCN(c1ncc2nc(C)n(CC#Cc3ccc(Cl)cc3-c3ccnc4c(C(=O)NS(=O)(=O)C5CC(F)(F)C5)csc34)c(=O)c2c1C#N)C1CCN(C2COC2)CC1. The van der Waals surface area contributed by atoms with Gasteiger partial charge in [-0.3, -0.25) is 24.0 Å². The molecule has 0 bridgehead atoms. The van der Waals surface area contributed by atoms with E-state index in [2.05, 4.69) is 42.7 Å². The molecule has 2 aliphatic heterocycles. The molecule has 0 spiro atoms. The lowest BCUT2D eigenvalue weighted by Crippen LogP contribution is -2.54. The molecule has 1 aliphatic carbocycles. The fraction of sp³-hybridized carbons (Fsp3) is 0.400. The van der Waals surface area contributed by atoms with Crippen LogP contribution in [0.4, 0.5) is 14.6 Å². The van der Waals surface area contributed by atoms with Gasteiger partial charge in [-0.05, 0) is 51.0 Å². The number of fused-ring (bicyclic) bond motifs is 2. The Bertz CT molecular complexity index is 2740. The highest BCUT2D eigenvalue weighted by Gasteiger charge is 2.52. The first-order chi connectivity index (χ1) is 27.8. The number of carbonyl (C=O) groups is 1. The molecular formula is C40H37ClF2N8O5S2. The molecule has 2 saturated heterocycles. The second-order valence-corrected chi connectivity index (χ2v) is 17.9. The zero-order valence-corrected chi connectivity index (χ0v) is 33.9. The number of aryl methyl sites for hydroxylation is 1. The molecule has 1 N–H and O–H groups in total. The van der Waals surface area contributed by atoms with Crippen LogP contribution in [0.25, 0.3) is 32.2 Å². The number of ether oxygens (including phenoxy) is 1. The van der Waals surface area contributed by atoms with Crippen molar-refractivity contribution in [2.24, 2.45) is 0 Å². The quantitative estimate of drug-likeness (QED) is 0.187. The van der Waals surface area contributed by atoms with Gasteiger partial charge in [0, 0.05) is 71.8 Å². The monoisotopic (exact) mass is 846 g/mol. The number of piperidine rings is 1. The van der Waals surface area contributed by atoms with E-state index < -0.39 is 45.5 Å². The van der Waals surface area contributed by atoms with Gasteiger partial charge >= 0.3 is 0 Å². The number of nitriles is 1. The Labute approximate surface area is 341 Å². The Morgan fingerprint density at radius 3 is 2.60 bits per heavy atom. The number of anilines is 1. The predicted molar refractivity (Wildman–Crippen MR) is 217 cm³/mol. The van der Waals surface area contributed by atoms with Crippen LogP contribution in [-0.2, 0) is 21.3 Å². The van der Waals surface area contributed by atoms with Gasteiger partial charge in [0.2, 0.25) is 10.0 Å². The summed E-state index contributed by atoms with van der Waals surface area (Å²) in [6, 6.07) is 9.70. The van der Waals surface area contributed by atoms with Crippen LogP contribution in [0.3, 0.4) is 0 Å². The first-order valence-corrected chi connectivity index (χ1v) is 21.6.